The SMILES string of the molecule is CCC(F)CN1CCC(COc2ccc(-c3ccc(C(=O)N4CCCCC4)cc3)cc2)CC1. The number of nitrogens with zero attached hydrogens (tertiary/aromatic N) is 2. The fourth-order valence-electron chi connectivity index (χ4n) is 4.79. The Labute approximate surface area is 197 Å². The summed E-state index contributed by atoms with van der Waals surface area (Å²) in [6.45, 7) is 6.86. The zero-order chi connectivity index (χ0) is 23.0. The predicted molar refractivity (Wildman–Crippen MR) is 131 cm³/mol. The Morgan fingerprint density at radius 2 is 1.55 bits per heavy atom. The second-order valence-electron chi connectivity index (χ2n) is 9.52. The average molecular weight is 453 g/mol. The Kier molecular flexibility index (Phi) is 8.38. The maximum atomic E-state index is 13.6. The Balaban J connectivity index is 1.25. The van der Waals surface area contributed by atoms with Crippen LogP contribution in [0.2, 0.25) is 0 Å². The molecular formula is C28H37FN2O2. The average Bonchev–Trinajstić information content (AvgIpc) is 2.89. The summed E-state index contributed by atoms with van der Waals surface area (Å²) in [5.41, 5.74) is 2.98. The van der Waals surface area contributed by atoms with Crippen LogP contribution in [-0.2, 0) is 0 Å². The molecule has 0 N–H and O–H groups in total. The van der Waals surface area contributed by atoms with Gasteiger partial charge in [0.15, 0.2) is 0 Å². The van der Waals surface area contributed by atoms with Crippen molar-refractivity contribution in [3.05, 3.63) is 54.1 Å². The molecule has 0 spiro atoms. The number of hydrogen-bond donors (Lipinski definition) is 0. The second-order valence-corrected chi connectivity index (χ2v) is 9.52. The van der Waals surface area contributed by atoms with E-state index >= 15 is 0 Å². The van der Waals surface area contributed by atoms with E-state index in [9.17, 15) is 9.18 Å². The van der Waals surface area contributed by atoms with Gasteiger partial charge in [0, 0.05) is 25.2 Å². The lowest BCUT2D eigenvalue weighted by Crippen LogP contribution is -2.38. The standard InChI is InChI=1S/C28H37FN2O2/c1-2-26(29)20-30-18-14-22(15-19-30)21-33-27-12-10-24(11-13-27)23-6-8-25(9-7-23)28(32)31-16-4-3-5-17-31/h6-13,22,26H,2-5,14-21H2,1H3. The highest BCUT2D eigenvalue weighted by atomic mass is 19.1. The van der Waals surface area contributed by atoms with Gasteiger partial charge in [0.25, 0.3) is 5.91 Å². The molecule has 5 heteroatoms. The molecule has 1 atom stereocenters. The highest BCUT2D eigenvalue weighted by molar-refractivity contribution is 5.94. The molecule has 1 unspecified atom stereocenters. The first-order valence-electron chi connectivity index (χ1n) is 12.6. The number of carbonyl (C=O) groups excluding carboxylic acids is 1. The number of amides is 1. The number of benzene rings is 2. The lowest BCUT2D eigenvalue weighted by molar-refractivity contribution is 0.0724. The molecule has 0 radical (unpaired) electrons. The van der Waals surface area contributed by atoms with Gasteiger partial charge in [-0.2, -0.15) is 0 Å². The predicted octanol–water partition coefficient (Wildman–Crippen LogP) is 5.82. The van der Waals surface area contributed by atoms with Crippen LogP contribution < -0.4 is 4.74 Å². The van der Waals surface area contributed by atoms with Crippen LogP contribution in [0.4, 0.5) is 4.39 Å². The van der Waals surface area contributed by atoms with Crippen LogP contribution in [0.15, 0.2) is 48.5 Å². The summed E-state index contributed by atoms with van der Waals surface area (Å²) in [5, 5.41) is 0. The van der Waals surface area contributed by atoms with Crippen molar-refractivity contribution in [3.8, 4) is 16.9 Å². The Hall–Kier alpha value is -2.40. The second kappa shape index (κ2) is 11.6. The minimum absolute atomic E-state index is 0.144. The zero-order valence-corrected chi connectivity index (χ0v) is 19.8. The number of hydrogen-bond acceptors (Lipinski definition) is 3. The van der Waals surface area contributed by atoms with E-state index in [2.05, 4.69) is 17.0 Å². The number of likely N-dealkylation sites (tertiary alicyclic amines) is 2. The normalized spacial score (nSPS) is 18.8. The highest BCUT2D eigenvalue weighted by Gasteiger charge is 2.22. The van der Waals surface area contributed by atoms with Crippen LogP contribution in [0.3, 0.4) is 0 Å². The smallest absolute Gasteiger partial charge is 0.253 e. The molecule has 4 nitrogen and oxygen atoms in total. The van der Waals surface area contributed by atoms with E-state index in [0.717, 1.165) is 74.3 Å². The fourth-order valence-corrected chi connectivity index (χ4v) is 4.79. The van der Waals surface area contributed by atoms with E-state index in [-0.39, 0.29) is 5.91 Å². The van der Waals surface area contributed by atoms with Crippen molar-refractivity contribution >= 4 is 5.91 Å². The molecule has 178 valence electrons. The van der Waals surface area contributed by atoms with Crippen LogP contribution >= 0.6 is 0 Å². The Morgan fingerprint density at radius 1 is 0.939 bits per heavy atom. The molecule has 2 saturated heterocycles. The van der Waals surface area contributed by atoms with Gasteiger partial charge in [0.2, 0.25) is 0 Å². The molecule has 2 aromatic carbocycles. The topological polar surface area (TPSA) is 32.8 Å². The maximum absolute atomic E-state index is 13.6. The van der Waals surface area contributed by atoms with Gasteiger partial charge >= 0.3 is 0 Å². The molecule has 4 rings (SSSR count). The van der Waals surface area contributed by atoms with E-state index < -0.39 is 6.17 Å². The van der Waals surface area contributed by atoms with Gasteiger partial charge in [-0.1, -0.05) is 31.2 Å². The Morgan fingerprint density at radius 3 is 2.15 bits per heavy atom. The summed E-state index contributed by atoms with van der Waals surface area (Å²) in [5.74, 6) is 1.56. The molecule has 33 heavy (non-hydrogen) atoms. The first kappa shape index (κ1) is 23.7. The fraction of sp³-hybridized carbons (Fsp3) is 0.536. The quantitative estimate of drug-likeness (QED) is 0.506. The molecule has 0 aromatic heterocycles. The summed E-state index contributed by atoms with van der Waals surface area (Å²) < 4.78 is 19.6. The number of rotatable bonds is 8. The lowest BCUT2D eigenvalue weighted by Gasteiger charge is -2.32. The van der Waals surface area contributed by atoms with Crippen molar-refractivity contribution in [3.63, 3.8) is 0 Å². The minimum atomic E-state index is -0.706. The third kappa shape index (κ3) is 6.57. The lowest BCUT2D eigenvalue weighted by atomic mass is 9.97. The van der Waals surface area contributed by atoms with Gasteiger partial charge in [-0.15, -0.1) is 0 Å². The zero-order valence-electron chi connectivity index (χ0n) is 19.8. The third-order valence-corrected chi connectivity index (χ3v) is 7.05. The first-order chi connectivity index (χ1) is 16.1. The van der Waals surface area contributed by atoms with Crippen LogP contribution in [0.5, 0.6) is 5.75 Å². The monoisotopic (exact) mass is 452 g/mol. The Bertz CT molecular complexity index is 870. The van der Waals surface area contributed by atoms with E-state index in [1.807, 2.05) is 48.2 Å². The van der Waals surface area contributed by atoms with Crippen LogP contribution in [0.25, 0.3) is 11.1 Å². The summed E-state index contributed by atoms with van der Waals surface area (Å²) in [6, 6.07) is 16.1. The molecule has 2 aromatic rings. The molecule has 1 amide bonds. The van der Waals surface area contributed by atoms with E-state index in [1.54, 1.807) is 0 Å². The van der Waals surface area contributed by atoms with Crippen molar-refractivity contribution in [2.75, 3.05) is 39.3 Å². The summed E-state index contributed by atoms with van der Waals surface area (Å²) in [7, 11) is 0. The van der Waals surface area contributed by atoms with Crippen LogP contribution in [0.1, 0.15) is 55.8 Å². The molecule has 0 bridgehead atoms. The van der Waals surface area contributed by atoms with Gasteiger partial charge in [-0.3, -0.25) is 4.79 Å². The van der Waals surface area contributed by atoms with E-state index in [4.69, 9.17) is 4.74 Å². The van der Waals surface area contributed by atoms with Gasteiger partial charge in [0.05, 0.1) is 6.61 Å². The number of alkyl halides is 1. The van der Waals surface area contributed by atoms with Crippen LogP contribution in [-0.4, -0.2) is 61.2 Å². The summed E-state index contributed by atoms with van der Waals surface area (Å²) >= 11 is 0. The van der Waals surface area contributed by atoms with E-state index in [1.165, 1.54) is 6.42 Å². The van der Waals surface area contributed by atoms with E-state index in [0.29, 0.717) is 25.5 Å². The summed E-state index contributed by atoms with van der Waals surface area (Å²) in [6.07, 6.45) is 5.46. The molecule has 2 aliphatic rings. The largest absolute Gasteiger partial charge is 0.493 e. The van der Waals surface area contributed by atoms with Crippen molar-refractivity contribution < 1.29 is 13.9 Å². The van der Waals surface area contributed by atoms with Gasteiger partial charge in [-0.05, 0) is 92.9 Å². The third-order valence-electron chi connectivity index (χ3n) is 7.05. The minimum Gasteiger partial charge on any atom is -0.493 e. The number of ether oxygens (including phenoxy) is 1. The van der Waals surface area contributed by atoms with Gasteiger partial charge in [-0.25, -0.2) is 4.39 Å². The van der Waals surface area contributed by atoms with Crippen molar-refractivity contribution in [2.45, 2.75) is 51.6 Å². The number of halogens is 1. The van der Waals surface area contributed by atoms with Crippen LogP contribution in [0, 0.1) is 5.92 Å². The molecule has 2 aliphatic heterocycles. The highest BCUT2D eigenvalue weighted by Crippen LogP contribution is 2.25. The van der Waals surface area contributed by atoms with Gasteiger partial charge in [0.1, 0.15) is 11.9 Å². The van der Waals surface area contributed by atoms with Crippen molar-refractivity contribution in [2.24, 2.45) is 5.92 Å². The molecule has 0 aliphatic carbocycles. The molecule has 2 heterocycles. The number of piperidine rings is 2. The van der Waals surface area contributed by atoms with Crippen molar-refractivity contribution in [1.29, 1.82) is 0 Å². The molecular weight excluding hydrogens is 415 g/mol. The van der Waals surface area contributed by atoms with Crippen molar-refractivity contribution in [1.82, 2.24) is 9.80 Å². The first-order valence-corrected chi connectivity index (χ1v) is 12.6. The summed E-state index contributed by atoms with van der Waals surface area (Å²) in [4.78, 5) is 16.9. The van der Waals surface area contributed by atoms with Gasteiger partial charge < -0.3 is 14.5 Å². The molecule has 2 fully saturated rings. The molecule has 0 saturated carbocycles. The maximum Gasteiger partial charge on any atom is 0.253 e. The number of carbonyl (C=O) groups is 1.